The Morgan fingerprint density at radius 2 is 2.17 bits per heavy atom. The van der Waals surface area contributed by atoms with Crippen molar-refractivity contribution < 1.29 is 19.5 Å². The predicted octanol–water partition coefficient (Wildman–Crippen LogP) is 0.610. The first-order valence-corrected chi connectivity index (χ1v) is 4.84. The van der Waals surface area contributed by atoms with E-state index < -0.39 is 11.9 Å². The monoisotopic (exact) mass is 246 g/mol. The van der Waals surface area contributed by atoms with E-state index in [4.69, 9.17) is 5.21 Å². The first-order valence-electron chi connectivity index (χ1n) is 4.84. The van der Waals surface area contributed by atoms with Crippen LogP contribution in [0.2, 0.25) is 0 Å². The third kappa shape index (κ3) is 3.98. The number of carbonyl (C=O) groups is 2. The maximum atomic E-state index is 11.2. The zero-order valence-corrected chi connectivity index (χ0v) is 9.51. The quantitative estimate of drug-likeness (QED) is 0.263. The van der Waals surface area contributed by atoms with Crippen molar-refractivity contribution in [2.24, 2.45) is 5.16 Å². The van der Waals surface area contributed by atoms with E-state index >= 15 is 0 Å². The number of rotatable bonds is 2. The second-order valence-corrected chi connectivity index (χ2v) is 3.02. The van der Waals surface area contributed by atoms with E-state index in [1.165, 1.54) is 7.11 Å². The lowest BCUT2D eigenvalue weighted by atomic mass is 10.2. The number of nitrogens with zero attached hydrogens (tertiary/aromatic N) is 1. The molecule has 18 heavy (non-hydrogen) atoms. The summed E-state index contributed by atoms with van der Waals surface area (Å²) in [5.41, 5.74) is 0.849. The van der Waals surface area contributed by atoms with Gasteiger partial charge in [-0.05, 0) is 12.1 Å². The van der Waals surface area contributed by atoms with Crippen LogP contribution in [-0.4, -0.2) is 30.4 Å². The Morgan fingerprint density at radius 1 is 1.44 bits per heavy atom. The number of anilines is 1. The molecule has 0 fully saturated rings. The summed E-state index contributed by atoms with van der Waals surface area (Å²) in [4.78, 5) is 22.1. The number of amides is 1. The molecule has 1 amide bonds. The van der Waals surface area contributed by atoms with Crippen LogP contribution in [0.4, 0.5) is 5.69 Å². The van der Waals surface area contributed by atoms with Gasteiger partial charge in [-0.3, -0.25) is 4.79 Å². The van der Waals surface area contributed by atoms with E-state index in [0.29, 0.717) is 17.5 Å². The molecule has 0 spiro atoms. The van der Waals surface area contributed by atoms with Crippen molar-refractivity contribution in [2.75, 3.05) is 12.4 Å². The van der Waals surface area contributed by atoms with E-state index in [1.54, 1.807) is 24.3 Å². The molecule has 92 valence electrons. The second-order valence-electron chi connectivity index (χ2n) is 3.02. The van der Waals surface area contributed by atoms with Gasteiger partial charge >= 0.3 is 5.97 Å². The van der Waals surface area contributed by atoms with E-state index in [2.05, 4.69) is 27.1 Å². The van der Waals surface area contributed by atoms with Gasteiger partial charge in [-0.1, -0.05) is 23.2 Å². The topological polar surface area (TPSA) is 88.0 Å². The molecule has 0 aliphatic rings. The molecule has 0 aliphatic carbocycles. The van der Waals surface area contributed by atoms with E-state index in [0.717, 1.165) is 0 Å². The summed E-state index contributed by atoms with van der Waals surface area (Å²) in [6.07, 6.45) is 0.713. The average molecular weight is 246 g/mol. The second kappa shape index (κ2) is 6.70. The smallest absolute Gasteiger partial charge is 0.384 e. The highest BCUT2D eigenvalue weighted by molar-refractivity contribution is 6.31. The highest BCUT2D eigenvalue weighted by Gasteiger charge is 2.03. The van der Waals surface area contributed by atoms with Gasteiger partial charge < -0.3 is 15.3 Å². The molecule has 0 aliphatic heterocycles. The Morgan fingerprint density at radius 3 is 2.83 bits per heavy atom. The number of benzene rings is 1. The van der Waals surface area contributed by atoms with Crippen LogP contribution in [0.3, 0.4) is 0 Å². The Balaban J connectivity index is 2.95. The summed E-state index contributed by atoms with van der Waals surface area (Å²) >= 11 is 0. The largest absolute Gasteiger partial charge is 0.459 e. The number of hydrogen-bond acceptors (Lipinski definition) is 5. The number of oxime groups is 1. The van der Waals surface area contributed by atoms with Crippen molar-refractivity contribution in [1.82, 2.24) is 0 Å². The number of methoxy groups -OCH3 is 1. The maximum Gasteiger partial charge on any atom is 0.384 e. The minimum atomic E-state index is -0.673. The van der Waals surface area contributed by atoms with Crippen LogP contribution in [-0.2, 0) is 14.3 Å². The number of esters is 1. The van der Waals surface area contributed by atoms with Gasteiger partial charge in [0.2, 0.25) is 0 Å². The van der Waals surface area contributed by atoms with Crippen LogP contribution in [0, 0.1) is 11.8 Å². The Kier molecular flexibility index (Phi) is 4.94. The first-order chi connectivity index (χ1) is 8.67. The fourth-order valence-electron chi connectivity index (χ4n) is 1.09. The zero-order chi connectivity index (χ0) is 13.4. The zero-order valence-electron chi connectivity index (χ0n) is 9.51. The molecule has 1 aromatic rings. The highest BCUT2D eigenvalue weighted by atomic mass is 16.5. The molecular formula is C12H10N2O4. The van der Waals surface area contributed by atoms with Gasteiger partial charge in [0.25, 0.3) is 5.91 Å². The van der Waals surface area contributed by atoms with E-state index in [9.17, 15) is 9.59 Å². The van der Waals surface area contributed by atoms with Crippen molar-refractivity contribution in [3.05, 3.63) is 29.8 Å². The molecule has 6 nitrogen and oxygen atoms in total. The predicted molar refractivity (Wildman–Crippen MR) is 64.2 cm³/mol. The number of nitrogens with one attached hydrogen (secondary N) is 1. The van der Waals surface area contributed by atoms with Gasteiger partial charge in [0, 0.05) is 11.5 Å². The number of para-hydroxylation sites is 1. The molecule has 0 aromatic heterocycles. The van der Waals surface area contributed by atoms with Gasteiger partial charge in [0.15, 0.2) is 0 Å². The van der Waals surface area contributed by atoms with Crippen molar-refractivity contribution in [3.8, 4) is 11.8 Å². The Bertz CT molecular complexity index is 540. The normalized spacial score (nSPS) is 9.39. The fourth-order valence-corrected chi connectivity index (χ4v) is 1.09. The van der Waals surface area contributed by atoms with Gasteiger partial charge in [-0.15, -0.1) is 0 Å². The van der Waals surface area contributed by atoms with Crippen molar-refractivity contribution in [2.45, 2.75) is 0 Å². The molecule has 0 unspecified atom stereocenters. The van der Waals surface area contributed by atoms with Crippen molar-refractivity contribution in [3.63, 3.8) is 0 Å². The Labute approximate surface area is 103 Å². The Hall–Kier alpha value is -2.81. The molecule has 0 radical (unpaired) electrons. The van der Waals surface area contributed by atoms with Crippen molar-refractivity contribution in [1.29, 1.82) is 0 Å². The molecule has 0 heterocycles. The standard InChI is InChI=1S/C12H10N2O4/c1-18-12(16)7-6-9-4-2-3-5-10(9)14-11(15)8-13-17/h2-5,8,17H,1H3,(H,14,15). The molecule has 1 rings (SSSR count). The summed E-state index contributed by atoms with van der Waals surface area (Å²) in [5.74, 6) is 3.53. The third-order valence-electron chi connectivity index (χ3n) is 1.84. The van der Waals surface area contributed by atoms with Crippen LogP contribution in [0.1, 0.15) is 5.56 Å². The molecule has 1 aromatic carbocycles. The van der Waals surface area contributed by atoms with Gasteiger partial charge in [0.1, 0.15) is 6.21 Å². The minimum Gasteiger partial charge on any atom is -0.459 e. The molecule has 6 heteroatoms. The molecule has 0 saturated carbocycles. The lowest BCUT2D eigenvalue weighted by Crippen LogP contribution is -2.13. The number of ether oxygens (including phenoxy) is 1. The van der Waals surface area contributed by atoms with Gasteiger partial charge in [-0.2, -0.15) is 0 Å². The fraction of sp³-hybridized carbons (Fsp3) is 0.0833. The van der Waals surface area contributed by atoms with E-state index in [-0.39, 0.29) is 0 Å². The summed E-state index contributed by atoms with van der Waals surface area (Å²) in [6, 6.07) is 6.62. The molecule has 0 bridgehead atoms. The molecule has 0 saturated heterocycles. The first kappa shape index (κ1) is 13.3. The SMILES string of the molecule is COC(=O)C#Cc1ccccc1NC(=O)C=NO. The maximum absolute atomic E-state index is 11.2. The molecular weight excluding hydrogens is 236 g/mol. The van der Waals surface area contributed by atoms with E-state index in [1.807, 2.05) is 0 Å². The summed E-state index contributed by atoms with van der Waals surface area (Å²) < 4.78 is 4.38. The molecule has 0 atom stereocenters. The van der Waals surface area contributed by atoms with Crippen LogP contribution in [0.5, 0.6) is 0 Å². The lowest BCUT2D eigenvalue weighted by Gasteiger charge is -2.03. The summed E-state index contributed by atoms with van der Waals surface area (Å²) in [7, 11) is 1.22. The van der Waals surface area contributed by atoms with Crippen LogP contribution in [0.25, 0.3) is 0 Å². The van der Waals surface area contributed by atoms with Gasteiger partial charge in [-0.25, -0.2) is 4.79 Å². The van der Waals surface area contributed by atoms with Crippen LogP contribution >= 0.6 is 0 Å². The average Bonchev–Trinajstić information content (AvgIpc) is 2.37. The summed E-state index contributed by atoms with van der Waals surface area (Å²) in [6.45, 7) is 0. The number of carbonyl (C=O) groups excluding carboxylic acids is 2. The highest BCUT2D eigenvalue weighted by Crippen LogP contribution is 2.13. The minimum absolute atomic E-state index is 0.402. The lowest BCUT2D eigenvalue weighted by molar-refractivity contribution is -0.133. The number of hydrogen-bond donors (Lipinski definition) is 2. The molecule has 2 N–H and O–H groups in total. The van der Waals surface area contributed by atoms with Crippen LogP contribution < -0.4 is 5.32 Å². The van der Waals surface area contributed by atoms with Crippen molar-refractivity contribution >= 4 is 23.8 Å². The third-order valence-corrected chi connectivity index (χ3v) is 1.84. The van der Waals surface area contributed by atoms with Gasteiger partial charge in [0.05, 0.1) is 12.8 Å². The van der Waals surface area contributed by atoms with Crippen LogP contribution in [0.15, 0.2) is 29.4 Å². The summed E-state index contributed by atoms with van der Waals surface area (Å²) in [5, 5.41) is 13.3.